The molecule has 0 amide bonds. The molecule has 0 bridgehead atoms. The van der Waals surface area contributed by atoms with Crippen LogP contribution in [-0.4, -0.2) is 41.1 Å². The third-order valence-electron chi connectivity index (χ3n) is 2.15. The summed E-state index contributed by atoms with van der Waals surface area (Å²) in [5.74, 6) is 0. The van der Waals surface area contributed by atoms with E-state index >= 15 is 0 Å². The van der Waals surface area contributed by atoms with Gasteiger partial charge in [-0.3, -0.25) is 0 Å². The SMILES string of the molecule is C1CCOCC1.C1CCOCC1.O=P(O)(O)O. The van der Waals surface area contributed by atoms with Gasteiger partial charge in [-0.25, -0.2) is 4.57 Å². The first-order valence-electron chi connectivity index (χ1n) is 5.94. The van der Waals surface area contributed by atoms with E-state index in [1.807, 2.05) is 0 Å². The molecule has 104 valence electrons. The average Bonchev–Trinajstić information content (AvgIpc) is 2.32. The Kier molecular flexibility index (Phi) is 11.2. The van der Waals surface area contributed by atoms with Gasteiger partial charge in [0, 0.05) is 26.4 Å². The summed E-state index contributed by atoms with van der Waals surface area (Å²) in [6.07, 6.45) is 7.86. The Hall–Kier alpha value is 0.0300. The monoisotopic (exact) mass is 270 g/mol. The van der Waals surface area contributed by atoms with Crippen LogP contribution in [0.3, 0.4) is 0 Å². The second kappa shape index (κ2) is 11.1. The summed E-state index contributed by atoms with van der Waals surface area (Å²) >= 11 is 0. The van der Waals surface area contributed by atoms with Crippen molar-refractivity contribution in [3.63, 3.8) is 0 Å². The largest absolute Gasteiger partial charge is 0.466 e. The van der Waals surface area contributed by atoms with Crippen LogP contribution in [0.2, 0.25) is 0 Å². The van der Waals surface area contributed by atoms with Gasteiger partial charge in [-0.05, 0) is 38.5 Å². The lowest BCUT2D eigenvalue weighted by Gasteiger charge is -2.08. The number of hydrogen-bond acceptors (Lipinski definition) is 3. The van der Waals surface area contributed by atoms with E-state index in [-0.39, 0.29) is 0 Å². The summed E-state index contributed by atoms with van der Waals surface area (Å²) in [6.45, 7) is 4.00. The maximum atomic E-state index is 8.88. The molecule has 0 spiro atoms. The van der Waals surface area contributed by atoms with Gasteiger partial charge in [0.05, 0.1) is 0 Å². The van der Waals surface area contributed by atoms with E-state index in [2.05, 4.69) is 0 Å². The Bertz CT molecular complexity index is 154. The molecule has 0 atom stereocenters. The van der Waals surface area contributed by atoms with Crippen molar-refractivity contribution in [1.82, 2.24) is 0 Å². The lowest BCUT2D eigenvalue weighted by atomic mass is 10.2. The van der Waals surface area contributed by atoms with Crippen molar-refractivity contribution in [1.29, 1.82) is 0 Å². The van der Waals surface area contributed by atoms with E-state index in [1.54, 1.807) is 0 Å². The Morgan fingerprint density at radius 1 is 0.647 bits per heavy atom. The molecule has 2 heterocycles. The van der Waals surface area contributed by atoms with Crippen LogP contribution in [0, 0.1) is 0 Å². The molecule has 0 saturated carbocycles. The van der Waals surface area contributed by atoms with Crippen LogP contribution in [0.15, 0.2) is 0 Å². The molecular weight excluding hydrogens is 247 g/mol. The Balaban J connectivity index is 0.000000228. The molecule has 2 aliphatic rings. The minimum atomic E-state index is -4.64. The molecule has 0 unspecified atom stereocenters. The van der Waals surface area contributed by atoms with Gasteiger partial charge in [-0.2, -0.15) is 0 Å². The van der Waals surface area contributed by atoms with Crippen LogP contribution in [0.4, 0.5) is 0 Å². The fourth-order valence-corrected chi connectivity index (χ4v) is 1.37. The molecule has 17 heavy (non-hydrogen) atoms. The highest BCUT2D eigenvalue weighted by molar-refractivity contribution is 7.45. The lowest BCUT2D eigenvalue weighted by molar-refractivity contribution is 0.0967. The highest BCUT2D eigenvalue weighted by Gasteiger charge is 2.00. The molecule has 0 aromatic rings. The van der Waals surface area contributed by atoms with Gasteiger partial charge in [0.1, 0.15) is 0 Å². The predicted octanol–water partition coefficient (Wildman–Crippen LogP) is 1.45. The van der Waals surface area contributed by atoms with Gasteiger partial charge in [0.25, 0.3) is 0 Å². The standard InChI is InChI=1S/2C5H10O.H3O4P/c2*1-2-4-6-5-3-1;1-5(2,3)4/h2*1-5H2;(H3,1,2,3,4). The predicted molar refractivity (Wildman–Crippen MR) is 63.6 cm³/mol. The third-order valence-corrected chi connectivity index (χ3v) is 2.15. The van der Waals surface area contributed by atoms with E-state index in [4.69, 9.17) is 28.7 Å². The second-order valence-corrected chi connectivity index (χ2v) is 4.89. The van der Waals surface area contributed by atoms with Crippen LogP contribution in [-0.2, 0) is 14.0 Å². The zero-order valence-corrected chi connectivity index (χ0v) is 11.0. The van der Waals surface area contributed by atoms with Gasteiger partial charge >= 0.3 is 7.82 Å². The van der Waals surface area contributed by atoms with Crippen molar-refractivity contribution in [3.05, 3.63) is 0 Å². The maximum absolute atomic E-state index is 8.88. The number of rotatable bonds is 0. The molecular formula is C10H23O6P. The van der Waals surface area contributed by atoms with Crippen molar-refractivity contribution in [2.45, 2.75) is 38.5 Å². The minimum absolute atomic E-state index is 1.00. The summed E-state index contributed by atoms with van der Waals surface area (Å²) in [5, 5.41) is 0. The maximum Gasteiger partial charge on any atom is 0.466 e. The van der Waals surface area contributed by atoms with Crippen molar-refractivity contribution >= 4 is 7.82 Å². The topological polar surface area (TPSA) is 96.2 Å². The van der Waals surface area contributed by atoms with Crippen molar-refractivity contribution in [3.8, 4) is 0 Å². The van der Waals surface area contributed by atoms with Gasteiger partial charge in [0.15, 0.2) is 0 Å². The zero-order valence-electron chi connectivity index (χ0n) is 10.1. The first kappa shape index (κ1) is 17.0. The average molecular weight is 270 g/mol. The highest BCUT2D eigenvalue weighted by Crippen LogP contribution is 2.25. The number of phosphoric acid groups is 1. The smallest absolute Gasteiger partial charge is 0.381 e. The summed E-state index contributed by atoms with van der Waals surface area (Å²) in [7, 11) is -4.64. The minimum Gasteiger partial charge on any atom is -0.381 e. The van der Waals surface area contributed by atoms with Crippen molar-refractivity contribution in [2.75, 3.05) is 26.4 Å². The molecule has 0 aromatic carbocycles. The quantitative estimate of drug-likeness (QED) is 0.576. The summed E-state index contributed by atoms with van der Waals surface area (Å²) in [5.41, 5.74) is 0. The second-order valence-electron chi connectivity index (χ2n) is 3.86. The molecule has 0 aromatic heterocycles. The van der Waals surface area contributed by atoms with Crippen LogP contribution in [0.25, 0.3) is 0 Å². The van der Waals surface area contributed by atoms with Crippen molar-refractivity contribution in [2.24, 2.45) is 0 Å². The Morgan fingerprint density at radius 2 is 0.882 bits per heavy atom. The normalized spacial score (nSPS) is 20.4. The molecule has 2 aliphatic heterocycles. The molecule has 0 radical (unpaired) electrons. The molecule has 3 N–H and O–H groups in total. The van der Waals surface area contributed by atoms with Crippen LogP contribution >= 0.6 is 7.82 Å². The molecule has 2 rings (SSSR count). The number of ether oxygens (including phenoxy) is 2. The van der Waals surface area contributed by atoms with E-state index in [1.165, 1.54) is 38.5 Å². The molecule has 6 nitrogen and oxygen atoms in total. The van der Waals surface area contributed by atoms with Crippen LogP contribution < -0.4 is 0 Å². The van der Waals surface area contributed by atoms with Gasteiger partial charge in [0.2, 0.25) is 0 Å². The Labute approximate surface area is 102 Å². The molecule has 7 heteroatoms. The molecule has 2 fully saturated rings. The zero-order chi connectivity index (χ0) is 13.0. The summed E-state index contributed by atoms with van der Waals surface area (Å²) in [6, 6.07) is 0. The third kappa shape index (κ3) is 21.8. The number of hydrogen-bond donors (Lipinski definition) is 3. The van der Waals surface area contributed by atoms with E-state index in [0.29, 0.717) is 0 Å². The molecule has 0 aliphatic carbocycles. The first-order chi connectivity index (χ1) is 8.00. The highest BCUT2D eigenvalue weighted by atomic mass is 31.2. The first-order valence-corrected chi connectivity index (χ1v) is 7.50. The fraction of sp³-hybridized carbons (Fsp3) is 1.00. The van der Waals surface area contributed by atoms with E-state index in [0.717, 1.165) is 26.4 Å². The van der Waals surface area contributed by atoms with Crippen molar-refractivity contribution < 1.29 is 28.7 Å². The Morgan fingerprint density at radius 3 is 0.941 bits per heavy atom. The van der Waals surface area contributed by atoms with E-state index in [9.17, 15) is 0 Å². The van der Waals surface area contributed by atoms with Gasteiger partial charge < -0.3 is 24.2 Å². The lowest BCUT2D eigenvalue weighted by Crippen LogP contribution is -2.03. The summed E-state index contributed by atoms with van der Waals surface area (Å²) in [4.78, 5) is 21.6. The van der Waals surface area contributed by atoms with Gasteiger partial charge in [-0.15, -0.1) is 0 Å². The van der Waals surface area contributed by atoms with Gasteiger partial charge in [-0.1, -0.05) is 0 Å². The summed E-state index contributed by atoms with van der Waals surface area (Å²) < 4.78 is 19.0. The fourth-order valence-electron chi connectivity index (χ4n) is 1.37. The van der Waals surface area contributed by atoms with Crippen LogP contribution in [0.5, 0.6) is 0 Å². The van der Waals surface area contributed by atoms with Crippen LogP contribution in [0.1, 0.15) is 38.5 Å². The van der Waals surface area contributed by atoms with E-state index < -0.39 is 7.82 Å². The molecule has 2 saturated heterocycles.